The number of benzene rings is 2. The Morgan fingerprint density at radius 3 is 1.64 bits per heavy atom. The van der Waals surface area contributed by atoms with Gasteiger partial charge in [0.15, 0.2) is 0 Å². The predicted octanol–water partition coefficient (Wildman–Crippen LogP) is 8.95. The zero-order valence-corrected chi connectivity index (χ0v) is 12.8. The first kappa shape index (κ1) is 32.6. The average Bonchev–Trinajstić information content (AvgIpc) is 2.50. The second kappa shape index (κ2) is 19.7. The van der Waals surface area contributed by atoms with Crippen molar-refractivity contribution in [1.82, 2.24) is 0 Å². The molecule has 0 nitrogen and oxygen atoms in total. The quantitative estimate of drug-likeness (QED) is 0.519. The molecule has 0 radical (unpaired) electrons. The summed E-state index contributed by atoms with van der Waals surface area (Å²) in [7, 11) is 0. The summed E-state index contributed by atoms with van der Waals surface area (Å²) in [5, 5.41) is 2.69. The summed E-state index contributed by atoms with van der Waals surface area (Å²) in [6, 6.07) is 15.3. The molecule has 0 fully saturated rings. The minimum absolute atomic E-state index is 0. The third-order valence-corrected chi connectivity index (χ3v) is 2.95. The molecular formula is C22H44. The van der Waals surface area contributed by atoms with Crippen LogP contribution in [-0.4, -0.2) is 0 Å². The van der Waals surface area contributed by atoms with Crippen LogP contribution in [-0.2, 0) is 0 Å². The summed E-state index contributed by atoms with van der Waals surface area (Å²) < 4.78 is 0. The molecule has 2 aromatic rings. The number of rotatable bonds is 2. The Morgan fingerprint density at radius 1 is 0.727 bits per heavy atom. The molecule has 2 rings (SSSR count). The van der Waals surface area contributed by atoms with E-state index < -0.39 is 0 Å². The first-order valence-electron chi connectivity index (χ1n) is 7.30. The van der Waals surface area contributed by atoms with E-state index in [4.69, 9.17) is 0 Å². The van der Waals surface area contributed by atoms with Gasteiger partial charge in [-0.2, -0.15) is 0 Å². The monoisotopic (exact) mass is 308 g/mol. The molecule has 0 saturated heterocycles. The van der Waals surface area contributed by atoms with Crippen LogP contribution in [0.25, 0.3) is 10.8 Å². The summed E-state index contributed by atoms with van der Waals surface area (Å²) in [5.41, 5.74) is 1.45. The number of fused-ring (bicyclic) bond motifs is 1. The lowest BCUT2D eigenvalue weighted by atomic mass is 9.96. The van der Waals surface area contributed by atoms with Crippen molar-refractivity contribution in [3.05, 3.63) is 48.0 Å². The summed E-state index contributed by atoms with van der Waals surface area (Å²) in [6.45, 7) is 12.5. The highest BCUT2D eigenvalue weighted by molar-refractivity contribution is 5.83. The second-order valence-corrected chi connectivity index (χ2v) is 3.92. The molecule has 0 bridgehead atoms. The Hall–Kier alpha value is -1.30. The summed E-state index contributed by atoms with van der Waals surface area (Å²) in [5.74, 6) is 0.666. The molecule has 0 aromatic heterocycles. The molecule has 0 heterocycles. The molecule has 132 valence electrons. The Balaban J connectivity index is -0.000000112. The van der Waals surface area contributed by atoms with Crippen LogP contribution in [0.15, 0.2) is 42.5 Å². The maximum Gasteiger partial charge on any atom is -0.0181 e. The molecule has 0 heteroatoms. The summed E-state index contributed by atoms with van der Waals surface area (Å²) >= 11 is 0. The van der Waals surface area contributed by atoms with Gasteiger partial charge in [0.2, 0.25) is 0 Å². The van der Waals surface area contributed by atoms with Crippen LogP contribution in [0, 0.1) is 0 Å². The fourth-order valence-electron chi connectivity index (χ4n) is 1.75. The molecule has 0 aliphatic rings. The minimum Gasteiger partial charge on any atom is -0.0776 e. The topological polar surface area (TPSA) is 0 Å². The van der Waals surface area contributed by atoms with Crippen LogP contribution in [0.1, 0.15) is 89.2 Å². The van der Waals surface area contributed by atoms with E-state index in [1.807, 2.05) is 27.7 Å². The van der Waals surface area contributed by atoms with Gasteiger partial charge in [0.1, 0.15) is 0 Å². The van der Waals surface area contributed by atoms with Crippen molar-refractivity contribution in [3.8, 4) is 0 Å². The lowest BCUT2D eigenvalue weighted by molar-refractivity contribution is 0.735. The first-order chi connectivity index (χ1) is 8.81. The van der Waals surface area contributed by atoms with Crippen molar-refractivity contribution in [1.29, 1.82) is 0 Å². The second-order valence-electron chi connectivity index (χ2n) is 3.92. The molecule has 2 aromatic carbocycles. The van der Waals surface area contributed by atoms with Crippen molar-refractivity contribution in [2.75, 3.05) is 0 Å². The summed E-state index contributed by atoms with van der Waals surface area (Å²) in [6.07, 6.45) is 1.21. The molecule has 1 atom stereocenters. The minimum atomic E-state index is 0. The highest BCUT2D eigenvalue weighted by Crippen LogP contribution is 2.23. The molecule has 22 heavy (non-hydrogen) atoms. The van der Waals surface area contributed by atoms with E-state index in [-0.39, 0.29) is 29.7 Å². The Labute approximate surface area is 143 Å². The fourth-order valence-corrected chi connectivity index (χ4v) is 1.75. The molecule has 0 aliphatic heterocycles. The Morgan fingerprint density at radius 2 is 1.18 bits per heavy atom. The van der Waals surface area contributed by atoms with Gasteiger partial charge in [0.25, 0.3) is 0 Å². The third-order valence-electron chi connectivity index (χ3n) is 2.95. The van der Waals surface area contributed by atoms with Gasteiger partial charge in [0.05, 0.1) is 0 Å². The van der Waals surface area contributed by atoms with E-state index in [9.17, 15) is 0 Å². The molecular weight excluding hydrogens is 264 g/mol. The normalized spacial score (nSPS) is 8.82. The maximum absolute atomic E-state index is 2.31. The Kier molecular flexibility index (Phi) is 29.2. The van der Waals surface area contributed by atoms with Crippen molar-refractivity contribution in [2.24, 2.45) is 0 Å². The van der Waals surface area contributed by atoms with Crippen molar-refractivity contribution in [2.45, 2.75) is 83.6 Å². The van der Waals surface area contributed by atoms with Crippen LogP contribution < -0.4 is 0 Å². The predicted molar refractivity (Wildman–Crippen MR) is 112 cm³/mol. The van der Waals surface area contributed by atoms with E-state index in [1.54, 1.807) is 0 Å². The van der Waals surface area contributed by atoms with Crippen molar-refractivity contribution in [3.63, 3.8) is 0 Å². The molecule has 0 saturated carbocycles. The SMILES string of the molecule is C.C.C.C.CC.CC.CCC(C)c1ccc2ccccc2c1. The largest absolute Gasteiger partial charge is 0.0776 e. The van der Waals surface area contributed by atoms with E-state index >= 15 is 0 Å². The molecule has 1 unspecified atom stereocenters. The van der Waals surface area contributed by atoms with Gasteiger partial charge in [-0.1, -0.05) is 114 Å². The van der Waals surface area contributed by atoms with Crippen molar-refractivity contribution >= 4 is 10.8 Å². The van der Waals surface area contributed by atoms with E-state index in [0.717, 1.165) is 0 Å². The van der Waals surface area contributed by atoms with Crippen molar-refractivity contribution < 1.29 is 0 Å². The molecule has 0 amide bonds. The average molecular weight is 309 g/mol. The first-order valence-corrected chi connectivity index (χ1v) is 7.30. The molecule has 0 spiro atoms. The molecule has 0 aliphatic carbocycles. The standard InChI is InChI=1S/C14H16.2C2H6.4CH4/c1-3-11(2)13-9-8-12-6-4-5-7-14(12)10-13;2*1-2;;;;/h4-11H,3H2,1-2H3;2*1-2H3;4*1H4. The van der Waals surface area contributed by atoms with Gasteiger partial charge >= 0.3 is 0 Å². The lowest BCUT2D eigenvalue weighted by Crippen LogP contribution is -1.90. The third kappa shape index (κ3) is 9.60. The van der Waals surface area contributed by atoms with Gasteiger partial charge in [-0.25, -0.2) is 0 Å². The van der Waals surface area contributed by atoms with Gasteiger partial charge in [-0.15, -0.1) is 0 Å². The highest BCUT2D eigenvalue weighted by atomic mass is 14.1. The zero-order chi connectivity index (χ0) is 14.0. The number of hydrogen-bond acceptors (Lipinski definition) is 0. The van der Waals surface area contributed by atoms with Gasteiger partial charge in [0, 0.05) is 0 Å². The molecule has 0 N–H and O–H groups in total. The fraction of sp³-hybridized carbons (Fsp3) is 0.545. The van der Waals surface area contributed by atoms with E-state index in [1.165, 1.54) is 22.8 Å². The van der Waals surface area contributed by atoms with Crippen LogP contribution in [0.5, 0.6) is 0 Å². The van der Waals surface area contributed by atoms with E-state index in [0.29, 0.717) is 5.92 Å². The lowest BCUT2D eigenvalue weighted by Gasteiger charge is -2.09. The van der Waals surface area contributed by atoms with Gasteiger partial charge in [-0.3, -0.25) is 0 Å². The van der Waals surface area contributed by atoms with Crippen LogP contribution >= 0.6 is 0 Å². The van der Waals surface area contributed by atoms with Crippen LogP contribution in [0.2, 0.25) is 0 Å². The van der Waals surface area contributed by atoms with E-state index in [2.05, 4.69) is 56.3 Å². The van der Waals surface area contributed by atoms with Crippen LogP contribution in [0.4, 0.5) is 0 Å². The number of hydrogen-bond donors (Lipinski definition) is 0. The maximum atomic E-state index is 2.31. The smallest absolute Gasteiger partial charge is 0.0181 e. The summed E-state index contributed by atoms with van der Waals surface area (Å²) in [4.78, 5) is 0. The van der Waals surface area contributed by atoms with Crippen LogP contribution in [0.3, 0.4) is 0 Å². The Bertz CT molecular complexity index is 429. The highest BCUT2D eigenvalue weighted by Gasteiger charge is 2.02. The van der Waals surface area contributed by atoms with Gasteiger partial charge in [-0.05, 0) is 28.7 Å². The zero-order valence-electron chi connectivity index (χ0n) is 12.8. The van der Waals surface area contributed by atoms with Gasteiger partial charge < -0.3 is 0 Å².